The molecular formula is C28H32N2O4. The first-order chi connectivity index (χ1) is 16.5. The van der Waals surface area contributed by atoms with Crippen LogP contribution in [0, 0.1) is 17.8 Å². The lowest BCUT2D eigenvalue weighted by Crippen LogP contribution is -2.60. The fourth-order valence-corrected chi connectivity index (χ4v) is 6.71. The average Bonchev–Trinajstić information content (AvgIpc) is 2.82. The van der Waals surface area contributed by atoms with Crippen LogP contribution in [0.25, 0.3) is 0 Å². The summed E-state index contributed by atoms with van der Waals surface area (Å²) in [6, 6.07) is 17.3. The molecule has 4 aliphatic rings. The maximum Gasteiger partial charge on any atom is 0.329 e. The van der Waals surface area contributed by atoms with E-state index in [2.05, 4.69) is 10.6 Å². The molecule has 0 heterocycles. The minimum atomic E-state index is -0.887. The monoisotopic (exact) mass is 460 g/mol. The van der Waals surface area contributed by atoms with Crippen molar-refractivity contribution in [1.82, 2.24) is 10.6 Å². The number of ether oxygens (including phenoxy) is 1. The molecule has 4 aliphatic carbocycles. The van der Waals surface area contributed by atoms with Crippen LogP contribution < -0.4 is 10.6 Å². The zero-order chi connectivity index (χ0) is 23.5. The molecular weight excluding hydrogens is 428 g/mol. The van der Waals surface area contributed by atoms with E-state index in [9.17, 15) is 14.4 Å². The van der Waals surface area contributed by atoms with Crippen molar-refractivity contribution in [2.24, 2.45) is 17.8 Å². The van der Waals surface area contributed by atoms with Gasteiger partial charge < -0.3 is 15.4 Å². The lowest BCUT2D eigenvalue weighted by Gasteiger charge is -2.56. The van der Waals surface area contributed by atoms with Crippen molar-refractivity contribution in [3.8, 4) is 0 Å². The fraction of sp³-hybridized carbons (Fsp3) is 0.464. The number of esters is 1. The molecule has 0 aliphatic heterocycles. The van der Waals surface area contributed by atoms with Crippen LogP contribution in [0.15, 0.2) is 60.7 Å². The predicted octanol–water partition coefficient (Wildman–Crippen LogP) is 3.66. The number of carbonyl (C=O) groups excluding carboxylic acids is 3. The Labute approximate surface area is 200 Å². The van der Waals surface area contributed by atoms with E-state index in [1.807, 2.05) is 36.4 Å². The third-order valence-corrected chi connectivity index (χ3v) is 7.70. The van der Waals surface area contributed by atoms with Gasteiger partial charge in [0.25, 0.3) is 11.8 Å². The van der Waals surface area contributed by atoms with Crippen LogP contribution in [0.1, 0.15) is 54.4 Å². The molecule has 4 fully saturated rings. The van der Waals surface area contributed by atoms with Gasteiger partial charge in [0.15, 0.2) is 6.61 Å². The molecule has 1 unspecified atom stereocenters. The van der Waals surface area contributed by atoms with Gasteiger partial charge in [-0.05, 0) is 74.0 Å². The smallest absolute Gasteiger partial charge is 0.329 e. The molecule has 0 saturated heterocycles. The van der Waals surface area contributed by atoms with Crippen molar-refractivity contribution >= 4 is 17.8 Å². The van der Waals surface area contributed by atoms with Crippen molar-refractivity contribution in [2.45, 2.75) is 56.5 Å². The molecule has 0 spiro atoms. The van der Waals surface area contributed by atoms with E-state index in [1.165, 1.54) is 19.3 Å². The van der Waals surface area contributed by atoms with Crippen LogP contribution in [0.5, 0.6) is 0 Å². The van der Waals surface area contributed by atoms with Gasteiger partial charge in [-0.15, -0.1) is 0 Å². The maximum atomic E-state index is 13.0. The molecule has 6 heteroatoms. The van der Waals surface area contributed by atoms with Gasteiger partial charge in [-0.3, -0.25) is 9.59 Å². The molecule has 6 rings (SSSR count). The van der Waals surface area contributed by atoms with E-state index >= 15 is 0 Å². The van der Waals surface area contributed by atoms with Gasteiger partial charge >= 0.3 is 5.97 Å². The highest BCUT2D eigenvalue weighted by molar-refractivity contribution is 5.97. The number of hydrogen-bond acceptors (Lipinski definition) is 4. The number of amides is 2. The van der Waals surface area contributed by atoms with Gasteiger partial charge in [-0.25, -0.2) is 4.79 Å². The molecule has 1 atom stereocenters. The predicted molar refractivity (Wildman–Crippen MR) is 128 cm³/mol. The Morgan fingerprint density at radius 1 is 0.853 bits per heavy atom. The summed E-state index contributed by atoms with van der Waals surface area (Å²) in [6.07, 6.45) is 7.31. The lowest BCUT2D eigenvalue weighted by atomic mass is 9.53. The minimum absolute atomic E-state index is 0.122. The molecule has 4 saturated carbocycles. The summed E-state index contributed by atoms with van der Waals surface area (Å²) in [4.78, 5) is 38.5. The second-order valence-electron chi connectivity index (χ2n) is 10.4. The molecule has 0 aromatic heterocycles. The lowest BCUT2D eigenvalue weighted by molar-refractivity contribution is -0.151. The topological polar surface area (TPSA) is 84.5 Å². The molecule has 2 amide bonds. The standard InChI is InChI=1S/C28H32N2O4/c31-25(30-28-15-20-11-21(16-28)13-22(12-20)17-28)18-34-27(33)24(14-19-7-3-1-4-8-19)29-26(32)23-9-5-2-6-10-23/h1-10,20-22,24H,11-18H2,(H,29,32)(H,30,31). The molecule has 4 bridgehead atoms. The molecule has 6 nitrogen and oxygen atoms in total. The van der Waals surface area contributed by atoms with Crippen molar-refractivity contribution in [3.05, 3.63) is 71.8 Å². The summed E-state index contributed by atoms with van der Waals surface area (Å²) in [6.45, 7) is -0.326. The number of hydrogen-bond donors (Lipinski definition) is 2. The fourth-order valence-electron chi connectivity index (χ4n) is 6.71. The minimum Gasteiger partial charge on any atom is -0.454 e. The highest BCUT2D eigenvalue weighted by Crippen LogP contribution is 2.55. The molecule has 178 valence electrons. The van der Waals surface area contributed by atoms with Gasteiger partial charge in [0.05, 0.1) is 0 Å². The SMILES string of the molecule is O=C(COC(=O)C(Cc1ccccc1)NC(=O)c1ccccc1)NC12CC3CC(CC(C3)C1)C2. The number of rotatable bonds is 8. The van der Waals surface area contributed by atoms with Crippen LogP contribution in [-0.2, 0) is 20.7 Å². The summed E-state index contributed by atoms with van der Waals surface area (Å²) in [5.74, 6) is 0.959. The van der Waals surface area contributed by atoms with Crippen LogP contribution >= 0.6 is 0 Å². The van der Waals surface area contributed by atoms with Crippen LogP contribution in [0.3, 0.4) is 0 Å². The van der Waals surface area contributed by atoms with Gasteiger partial charge in [0.2, 0.25) is 0 Å². The van der Waals surface area contributed by atoms with Crippen molar-refractivity contribution < 1.29 is 19.1 Å². The van der Waals surface area contributed by atoms with E-state index in [-0.39, 0.29) is 30.4 Å². The zero-order valence-corrected chi connectivity index (χ0v) is 19.4. The Hall–Kier alpha value is -3.15. The van der Waals surface area contributed by atoms with Crippen LogP contribution in [-0.4, -0.2) is 36.0 Å². The Morgan fingerprint density at radius 2 is 1.41 bits per heavy atom. The Bertz CT molecular complexity index is 1000. The Morgan fingerprint density at radius 3 is 2.00 bits per heavy atom. The first-order valence-electron chi connectivity index (χ1n) is 12.4. The Kier molecular flexibility index (Phi) is 6.40. The summed E-state index contributed by atoms with van der Waals surface area (Å²) in [7, 11) is 0. The molecule has 34 heavy (non-hydrogen) atoms. The maximum absolute atomic E-state index is 13.0. The van der Waals surface area contributed by atoms with Crippen molar-refractivity contribution in [2.75, 3.05) is 6.61 Å². The largest absolute Gasteiger partial charge is 0.454 e. The van der Waals surface area contributed by atoms with Gasteiger partial charge in [-0.1, -0.05) is 48.5 Å². The molecule has 2 aromatic rings. The van der Waals surface area contributed by atoms with E-state index in [1.54, 1.807) is 24.3 Å². The quantitative estimate of drug-likeness (QED) is 0.589. The van der Waals surface area contributed by atoms with Crippen molar-refractivity contribution in [1.29, 1.82) is 0 Å². The highest BCUT2D eigenvalue weighted by Gasteiger charge is 2.51. The van der Waals surface area contributed by atoms with Crippen molar-refractivity contribution in [3.63, 3.8) is 0 Å². The second kappa shape index (κ2) is 9.61. The third-order valence-electron chi connectivity index (χ3n) is 7.70. The second-order valence-corrected chi connectivity index (χ2v) is 10.4. The molecule has 2 N–H and O–H groups in total. The van der Waals surface area contributed by atoms with E-state index in [4.69, 9.17) is 4.74 Å². The van der Waals surface area contributed by atoms with Gasteiger partial charge in [0, 0.05) is 17.5 Å². The first kappa shape index (κ1) is 22.6. The summed E-state index contributed by atoms with van der Waals surface area (Å²) < 4.78 is 5.42. The van der Waals surface area contributed by atoms with Crippen LogP contribution in [0.2, 0.25) is 0 Å². The third kappa shape index (κ3) is 5.16. The summed E-state index contributed by atoms with van der Waals surface area (Å²) in [5.41, 5.74) is 1.24. The number of carbonyl (C=O) groups is 3. The summed E-state index contributed by atoms with van der Waals surface area (Å²) >= 11 is 0. The highest BCUT2D eigenvalue weighted by atomic mass is 16.5. The van der Waals surface area contributed by atoms with Crippen LogP contribution in [0.4, 0.5) is 0 Å². The zero-order valence-electron chi connectivity index (χ0n) is 19.4. The van der Waals surface area contributed by atoms with E-state index in [0.29, 0.717) is 5.56 Å². The summed E-state index contributed by atoms with van der Waals surface area (Å²) in [5, 5.41) is 6.02. The average molecular weight is 461 g/mol. The Balaban J connectivity index is 1.20. The number of nitrogens with one attached hydrogen (secondary N) is 2. The molecule has 0 radical (unpaired) electrons. The van der Waals surface area contributed by atoms with Gasteiger partial charge in [0.1, 0.15) is 6.04 Å². The van der Waals surface area contributed by atoms with E-state index < -0.39 is 12.0 Å². The van der Waals surface area contributed by atoms with Gasteiger partial charge in [-0.2, -0.15) is 0 Å². The molecule has 2 aromatic carbocycles. The first-order valence-corrected chi connectivity index (χ1v) is 12.4. The normalized spacial score (nSPS) is 27.6. The number of benzene rings is 2. The van der Waals surface area contributed by atoms with E-state index in [0.717, 1.165) is 42.6 Å².